The van der Waals surface area contributed by atoms with Crippen LogP contribution in [0, 0.1) is 5.41 Å². The second-order valence-electron chi connectivity index (χ2n) is 5.71. The Morgan fingerprint density at radius 2 is 2.14 bits per heavy atom. The van der Waals surface area contributed by atoms with Crippen molar-refractivity contribution in [1.29, 1.82) is 0 Å². The van der Waals surface area contributed by atoms with Crippen LogP contribution in [0.3, 0.4) is 0 Å². The van der Waals surface area contributed by atoms with E-state index in [1.54, 1.807) is 0 Å². The Morgan fingerprint density at radius 3 is 2.64 bits per heavy atom. The summed E-state index contributed by atoms with van der Waals surface area (Å²) in [6.07, 6.45) is 1.03. The van der Waals surface area contributed by atoms with E-state index in [1.807, 2.05) is 0 Å². The molecule has 0 radical (unpaired) electrons. The maximum atomic E-state index is 13.5. The molecule has 2 fully saturated rings. The molecular weight excluding hydrogens is 177 g/mol. The first-order valence-corrected chi connectivity index (χ1v) is 5.45. The minimum absolute atomic E-state index is 0.0631. The smallest absolute Gasteiger partial charge is 0.115 e. The maximum absolute atomic E-state index is 13.5. The summed E-state index contributed by atoms with van der Waals surface area (Å²) in [5, 5.41) is 0. The monoisotopic (exact) mass is 197 g/mol. The highest BCUT2D eigenvalue weighted by Gasteiger charge is 2.57. The van der Waals surface area contributed by atoms with Gasteiger partial charge in [-0.2, -0.15) is 0 Å². The highest BCUT2D eigenvalue weighted by Crippen LogP contribution is 2.52. The van der Waals surface area contributed by atoms with Gasteiger partial charge in [0, 0.05) is 25.0 Å². The fourth-order valence-corrected chi connectivity index (χ4v) is 3.35. The zero-order chi connectivity index (χ0) is 10.6. The molecule has 80 valence electrons. The van der Waals surface area contributed by atoms with Gasteiger partial charge in [-0.25, -0.2) is 4.39 Å². The number of fused-ring (bicyclic) bond motifs is 1. The highest BCUT2D eigenvalue weighted by molar-refractivity contribution is 5.30. The van der Waals surface area contributed by atoms with Gasteiger partial charge in [0.1, 0.15) is 6.17 Å². The third-order valence-corrected chi connectivity index (χ3v) is 3.98. The van der Waals surface area contributed by atoms with Gasteiger partial charge in [0.25, 0.3) is 0 Å². The molecule has 14 heavy (non-hydrogen) atoms. The van der Waals surface area contributed by atoms with Crippen LogP contribution in [0.4, 0.5) is 4.39 Å². The highest BCUT2D eigenvalue weighted by atomic mass is 19.1. The number of rotatable bonds is 0. The minimum Gasteiger partial charge on any atom is -0.290 e. The summed E-state index contributed by atoms with van der Waals surface area (Å²) >= 11 is 0. The van der Waals surface area contributed by atoms with E-state index in [2.05, 4.69) is 32.3 Å². The second-order valence-corrected chi connectivity index (χ2v) is 5.71. The van der Waals surface area contributed by atoms with Crippen molar-refractivity contribution in [2.75, 3.05) is 13.1 Å². The summed E-state index contributed by atoms with van der Waals surface area (Å²) in [5.41, 5.74) is 1.28. The maximum Gasteiger partial charge on any atom is 0.115 e. The van der Waals surface area contributed by atoms with Gasteiger partial charge < -0.3 is 0 Å². The fourth-order valence-electron chi connectivity index (χ4n) is 3.35. The normalized spacial score (nSPS) is 39.1. The van der Waals surface area contributed by atoms with Crippen molar-refractivity contribution in [2.24, 2.45) is 5.41 Å². The number of hydrogen-bond donors (Lipinski definition) is 0. The van der Waals surface area contributed by atoms with E-state index in [0.29, 0.717) is 13.0 Å². The lowest BCUT2D eigenvalue weighted by molar-refractivity contribution is 0.0928. The van der Waals surface area contributed by atoms with E-state index < -0.39 is 6.17 Å². The van der Waals surface area contributed by atoms with Crippen LogP contribution in [0.25, 0.3) is 0 Å². The van der Waals surface area contributed by atoms with Gasteiger partial charge >= 0.3 is 0 Å². The summed E-state index contributed by atoms with van der Waals surface area (Å²) in [5.74, 6) is 0. The first kappa shape index (κ1) is 10.2. The van der Waals surface area contributed by atoms with Crippen LogP contribution < -0.4 is 0 Å². The van der Waals surface area contributed by atoms with Crippen LogP contribution in [-0.4, -0.2) is 29.7 Å². The van der Waals surface area contributed by atoms with Crippen molar-refractivity contribution in [1.82, 2.24) is 4.90 Å². The molecule has 0 aromatic carbocycles. The molecule has 1 unspecified atom stereocenters. The van der Waals surface area contributed by atoms with E-state index in [9.17, 15) is 4.39 Å². The summed E-state index contributed by atoms with van der Waals surface area (Å²) in [4.78, 5) is 2.31. The van der Waals surface area contributed by atoms with E-state index in [0.717, 1.165) is 13.0 Å². The fraction of sp³-hybridized carbons (Fsp3) is 0.833. The summed E-state index contributed by atoms with van der Waals surface area (Å²) in [7, 11) is 0. The molecule has 0 N–H and O–H groups in total. The summed E-state index contributed by atoms with van der Waals surface area (Å²) < 4.78 is 13.5. The molecule has 0 spiro atoms. The topological polar surface area (TPSA) is 3.24 Å². The Balaban J connectivity index is 2.41. The van der Waals surface area contributed by atoms with E-state index in [1.165, 1.54) is 5.57 Å². The van der Waals surface area contributed by atoms with E-state index in [-0.39, 0.29) is 11.0 Å². The standard InChI is InChI=1S/C12H20FN/c1-9-5-6-14-8-10(13)7-12(9,14)11(2,3)4/h10H,1,5-8H2,2-4H3/t10-,12?/m1/s1. The first-order chi connectivity index (χ1) is 6.38. The molecule has 2 heterocycles. The first-order valence-electron chi connectivity index (χ1n) is 5.45. The van der Waals surface area contributed by atoms with Crippen molar-refractivity contribution in [3.05, 3.63) is 12.2 Å². The second kappa shape index (κ2) is 2.82. The van der Waals surface area contributed by atoms with Crippen molar-refractivity contribution in [3.8, 4) is 0 Å². The molecule has 2 rings (SSSR count). The third kappa shape index (κ3) is 1.10. The van der Waals surface area contributed by atoms with Gasteiger partial charge in [-0.3, -0.25) is 4.90 Å². The van der Waals surface area contributed by atoms with Crippen LogP contribution in [0.5, 0.6) is 0 Å². The van der Waals surface area contributed by atoms with Crippen molar-refractivity contribution in [3.63, 3.8) is 0 Å². The van der Waals surface area contributed by atoms with Crippen molar-refractivity contribution in [2.45, 2.75) is 45.3 Å². The zero-order valence-corrected chi connectivity index (χ0v) is 9.44. The molecule has 2 heteroatoms. The Bertz CT molecular complexity index is 266. The number of hydrogen-bond acceptors (Lipinski definition) is 1. The molecule has 2 aliphatic heterocycles. The molecule has 0 aromatic heterocycles. The van der Waals surface area contributed by atoms with Gasteiger partial charge in [-0.05, 0) is 11.8 Å². The van der Waals surface area contributed by atoms with Gasteiger partial charge in [-0.1, -0.05) is 32.9 Å². The molecule has 2 saturated heterocycles. The molecule has 0 aliphatic carbocycles. The van der Waals surface area contributed by atoms with E-state index >= 15 is 0 Å². The van der Waals surface area contributed by atoms with Gasteiger partial charge in [0.15, 0.2) is 0 Å². The summed E-state index contributed by atoms with van der Waals surface area (Å²) in [6, 6.07) is 0. The molecule has 2 aliphatic rings. The van der Waals surface area contributed by atoms with Crippen molar-refractivity contribution < 1.29 is 4.39 Å². The van der Waals surface area contributed by atoms with Crippen LogP contribution >= 0.6 is 0 Å². The largest absolute Gasteiger partial charge is 0.290 e. The lowest BCUT2D eigenvalue weighted by atomic mass is 9.69. The average Bonchev–Trinajstić information content (AvgIpc) is 2.49. The zero-order valence-electron chi connectivity index (χ0n) is 9.44. The van der Waals surface area contributed by atoms with Crippen LogP contribution in [0.15, 0.2) is 12.2 Å². The molecule has 0 bridgehead atoms. The van der Waals surface area contributed by atoms with Gasteiger partial charge in [0.2, 0.25) is 0 Å². The molecule has 0 saturated carbocycles. The SMILES string of the molecule is C=C1CCN2C[C@H](F)CC12C(C)(C)C. The quantitative estimate of drug-likeness (QED) is 0.540. The Morgan fingerprint density at radius 1 is 1.50 bits per heavy atom. The number of halogens is 1. The Hall–Kier alpha value is -0.370. The lowest BCUT2D eigenvalue weighted by Gasteiger charge is -2.44. The molecule has 0 aromatic rings. The number of nitrogens with zero attached hydrogens (tertiary/aromatic N) is 1. The molecule has 2 atom stereocenters. The van der Waals surface area contributed by atoms with Crippen LogP contribution in [0.2, 0.25) is 0 Å². The minimum atomic E-state index is -0.661. The van der Waals surface area contributed by atoms with E-state index in [4.69, 9.17) is 0 Å². The van der Waals surface area contributed by atoms with Crippen LogP contribution in [-0.2, 0) is 0 Å². The Kier molecular flexibility index (Phi) is 2.04. The lowest BCUT2D eigenvalue weighted by Crippen LogP contribution is -2.50. The predicted octanol–water partition coefficient (Wildman–Crippen LogP) is 2.78. The molecule has 1 nitrogen and oxygen atoms in total. The van der Waals surface area contributed by atoms with Gasteiger partial charge in [0.05, 0.1) is 0 Å². The third-order valence-electron chi connectivity index (χ3n) is 3.98. The Labute approximate surface area is 86.0 Å². The van der Waals surface area contributed by atoms with Crippen molar-refractivity contribution >= 4 is 0 Å². The van der Waals surface area contributed by atoms with Gasteiger partial charge in [-0.15, -0.1) is 0 Å². The predicted molar refractivity (Wildman–Crippen MR) is 57.0 cm³/mol. The molecular formula is C12H20FN. The number of alkyl halides is 1. The average molecular weight is 197 g/mol. The summed E-state index contributed by atoms with van der Waals surface area (Å²) in [6.45, 7) is 12.4. The van der Waals surface area contributed by atoms with Crippen LogP contribution in [0.1, 0.15) is 33.6 Å². The molecule has 0 amide bonds.